The number of hydrogen-bond donors (Lipinski definition) is 3. The lowest BCUT2D eigenvalue weighted by Crippen LogP contribution is -2.14. The second kappa shape index (κ2) is 7.59. The number of halogens is 3. The molecule has 0 saturated heterocycles. The molecule has 5 nitrogen and oxygen atoms in total. The summed E-state index contributed by atoms with van der Waals surface area (Å²) in [6.45, 7) is 1.81. The Morgan fingerprint density at radius 2 is 1.79 bits per heavy atom. The Balaban J connectivity index is 1.87. The molecule has 0 aliphatic heterocycles. The number of aryl methyl sites for hydroxylation is 1. The van der Waals surface area contributed by atoms with Crippen molar-refractivity contribution in [2.24, 2.45) is 0 Å². The molecule has 0 saturated carbocycles. The third-order valence-corrected chi connectivity index (χ3v) is 3.90. The van der Waals surface area contributed by atoms with Crippen LogP contribution in [0.3, 0.4) is 0 Å². The van der Waals surface area contributed by atoms with Gasteiger partial charge in [0.05, 0.1) is 16.9 Å². The molecule has 0 bridgehead atoms. The summed E-state index contributed by atoms with van der Waals surface area (Å²) in [5.41, 5.74) is 0.699. The molecule has 0 atom stereocenters. The summed E-state index contributed by atoms with van der Waals surface area (Å²) in [6.07, 6.45) is -3.53. The number of rotatable bonds is 4. The van der Waals surface area contributed by atoms with Crippen LogP contribution in [0.15, 0.2) is 60.8 Å². The predicted octanol–water partition coefficient (Wildman–Crippen LogP) is 5.11. The third-order valence-electron chi connectivity index (χ3n) is 3.90. The van der Waals surface area contributed by atoms with Crippen molar-refractivity contribution in [1.29, 1.82) is 0 Å². The minimum atomic E-state index is -4.57. The predicted molar refractivity (Wildman–Crippen MR) is 99.8 cm³/mol. The van der Waals surface area contributed by atoms with Gasteiger partial charge in [0, 0.05) is 11.9 Å². The van der Waals surface area contributed by atoms with Crippen molar-refractivity contribution in [3.8, 4) is 5.75 Å². The minimum Gasteiger partial charge on any atom is -0.506 e. The smallest absolute Gasteiger partial charge is 0.433 e. The van der Waals surface area contributed by atoms with Gasteiger partial charge in [0.2, 0.25) is 0 Å². The van der Waals surface area contributed by atoms with E-state index in [1.165, 1.54) is 18.2 Å². The number of pyridine rings is 1. The van der Waals surface area contributed by atoms with Crippen LogP contribution in [0, 0.1) is 6.92 Å². The zero-order chi connectivity index (χ0) is 20.3. The summed E-state index contributed by atoms with van der Waals surface area (Å²) in [4.78, 5) is 16.0. The molecule has 1 heterocycles. The molecule has 0 spiro atoms. The molecule has 144 valence electrons. The van der Waals surface area contributed by atoms with Crippen molar-refractivity contribution in [2.75, 3.05) is 10.6 Å². The minimum absolute atomic E-state index is 0.0895. The first-order chi connectivity index (χ1) is 13.2. The second-order valence-electron chi connectivity index (χ2n) is 6.07. The summed E-state index contributed by atoms with van der Waals surface area (Å²) >= 11 is 0. The maximum Gasteiger partial charge on any atom is 0.433 e. The van der Waals surface area contributed by atoms with Crippen LogP contribution in [0.25, 0.3) is 0 Å². The molecule has 3 aromatic rings. The number of hydrogen-bond acceptors (Lipinski definition) is 4. The molecule has 0 radical (unpaired) electrons. The first-order valence-electron chi connectivity index (χ1n) is 8.24. The van der Waals surface area contributed by atoms with E-state index in [1.54, 1.807) is 30.3 Å². The molecule has 2 aromatic carbocycles. The quantitative estimate of drug-likeness (QED) is 0.544. The van der Waals surface area contributed by atoms with E-state index < -0.39 is 17.8 Å². The number of benzene rings is 2. The molecular weight excluding hydrogens is 371 g/mol. The molecule has 8 heteroatoms. The number of aromatic hydroxyl groups is 1. The van der Waals surface area contributed by atoms with E-state index in [4.69, 9.17) is 0 Å². The Kier molecular flexibility index (Phi) is 5.21. The number of nitrogens with zero attached hydrogens (tertiary/aromatic N) is 1. The molecule has 1 aromatic heterocycles. The molecular formula is C20H16F3N3O2. The highest BCUT2D eigenvalue weighted by Gasteiger charge is 2.32. The molecule has 0 aliphatic rings. The SMILES string of the molecule is Cc1ccc(O)c(NC(=O)c2ccccc2Nc2ccnc(C(F)(F)F)c2)c1. The number of nitrogens with one attached hydrogen (secondary N) is 2. The number of amides is 1. The fourth-order valence-corrected chi connectivity index (χ4v) is 2.55. The lowest BCUT2D eigenvalue weighted by Gasteiger charge is -2.14. The molecule has 3 N–H and O–H groups in total. The maximum absolute atomic E-state index is 12.8. The van der Waals surface area contributed by atoms with E-state index in [0.29, 0.717) is 5.69 Å². The summed E-state index contributed by atoms with van der Waals surface area (Å²) < 4.78 is 38.5. The van der Waals surface area contributed by atoms with Gasteiger partial charge in [-0.25, -0.2) is 0 Å². The van der Waals surface area contributed by atoms with Crippen LogP contribution < -0.4 is 10.6 Å². The van der Waals surface area contributed by atoms with Gasteiger partial charge in [-0.2, -0.15) is 13.2 Å². The van der Waals surface area contributed by atoms with Gasteiger partial charge < -0.3 is 15.7 Å². The Hall–Kier alpha value is -3.55. The van der Waals surface area contributed by atoms with E-state index in [1.807, 2.05) is 6.92 Å². The monoisotopic (exact) mass is 387 g/mol. The topological polar surface area (TPSA) is 74.2 Å². The Morgan fingerprint density at radius 3 is 2.54 bits per heavy atom. The lowest BCUT2D eigenvalue weighted by molar-refractivity contribution is -0.141. The average Bonchev–Trinajstić information content (AvgIpc) is 2.64. The molecule has 0 fully saturated rings. The van der Waals surface area contributed by atoms with Crippen LogP contribution in [0.1, 0.15) is 21.6 Å². The first-order valence-corrected chi connectivity index (χ1v) is 8.24. The summed E-state index contributed by atoms with van der Waals surface area (Å²) in [6, 6.07) is 13.4. The fourth-order valence-electron chi connectivity index (χ4n) is 2.55. The highest BCUT2D eigenvalue weighted by Crippen LogP contribution is 2.31. The zero-order valence-corrected chi connectivity index (χ0v) is 14.7. The van der Waals surface area contributed by atoms with Crippen molar-refractivity contribution in [3.05, 3.63) is 77.6 Å². The van der Waals surface area contributed by atoms with Crippen molar-refractivity contribution >= 4 is 23.0 Å². The van der Waals surface area contributed by atoms with Gasteiger partial charge >= 0.3 is 6.18 Å². The van der Waals surface area contributed by atoms with Crippen molar-refractivity contribution < 1.29 is 23.1 Å². The largest absolute Gasteiger partial charge is 0.506 e. The number of carbonyl (C=O) groups is 1. The molecule has 0 unspecified atom stereocenters. The summed E-state index contributed by atoms with van der Waals surface area (Å²) in [5.74, 6) is -0.609. The maximum atomic E-state index is 12.8. The van der Waals surface area contributed by atoms with E-state index in [-0.39, 0.29) is 22.7 Å². The standard InChI is InChI=1S/C20H16F3N3O2/c1-12-6-7-17(27)16(10-12)26-19(28)14-4-2-3-5-15(14)25-13-8-9-24-18(11-13)20(21,22)23/h2-11,27H,1H3,(H,24,25)(H,26,28). The number of phenolic OH excluding ortho intramolecular Hbond substituents is 1. The molecule has 1 amide bonds. The van der Waals surface area contributed by atoms with Gasteiger partial charge in [0.1, 0.15) is 11.4 Å². The van der Waals surface area contributed by atoms with Crippen LogP contribution in [0.2, 0.25) is 0 Å². The van der Waals surface area contributed by atoms with Crippen LogP contribution in [-0.2, 0) is 6.18 Å². The van der Waals surface area contributed by atoms with Gasteiger partial charge in [0.25, 0.3) is 5.91 Å². The average molecular weight is 387 g/mol. The Labute approximate surface area is 158 Å². The van der Waals surface area contributed by atoms with E-state index in [2.05, 4.69) is 15.6 Å². The first kappa shape index (κ1) is 19.2. The Morgan fingerprint density at radius 1 is 1.04 bits per heavy atom. The van der Waals surface area contributed by atoms with Gasteiger partial charge in [-0.3, -0.25) is 9.78 Å². The van der Waals surface area contributed by atoms with Gasteiger partial charge in [-0.15, -0.1) is 0 Å². The summed E-state index contributed by atoms with van der Waals surface area (Å²) in [5, 5.41) is 15.3. The van der Waals surface area contributed by atoms with Gasteiger partial charge in [-0.05, 0) is 48.9 Å². The van der Waals surface area contributed by atoms with Crippen LogP contribution >= 0.6 is 0 Å². The Bertz CT molecular complexity index is 1020. The highest BCUT2D eigenvalue weighted by molar-refractivity contribution is 6.09. The summed E-state index contributed by atoms with van der Waals surface area (Å²) in [7, 11) is 0. The number of anilines is 3. The van der Waals surface area contributed by atoms with E-state index in [0.717, 1.165) is 17.8 Å². The number of carbonyl (C=O) groups excluding carboxylic acids is 1. The van der Waals surface area contributed by atoms with Crippen LogP contribution in [-0.4, -0.2) is 16.0 Å². The number of phenols is 1. The molecule has 3 rings (SSSR count). The molecule has 0 aliphatic carbocycles. The van der Waals surface area contributed by atoms with Crippen molar-refractivity contribution in [2.45, 2.75) is 13.1 Å². The lowest BCUT2D eigenvalue weighted by atomic mass is 10.1. The normalized spacial score (nSPS) is 11.1. The van der Waals surface area contributed by atoms with Gasteiger partial charge in [-0.1, -0.05) is 18.2 Å². The van der Waals surface area contributed by atoms with E-state index in [9.17, 15) is 23.1 Å². The fraction of sp³-hybridized carbons (Fsp3) is 0.100. The zero-order valence-electron chi connectivity index (χ0n) is 14.7. The number of para-hydroxylation sites is 1. The van der Waals surface area contributed by atoms with Gasteiger partial charge in [0.15, 0.2) is 0 Å². The van der Waals surface area contributed by atoms with Crippen LogP contribution in [0.5, 0.6) is 5.75 Å². The van der Waals surface area contributed by atoms with E-state index >= 15 is 0 Å². The number of alkyl halides is 3. The second-order valence-corrected chi connectivity index (χ2v) is 6.07. The highest BCUT2D eigenvalue weighted by atomic mass is 19.4. The molecule has 28 heavy (non-hydrogen) atoms. The van der Waals surface area contributed by atoms with Crippen molar-refractivity contribution in [3.63, 3.8) is 0 Å². The van der Waals surface area contributed by atoms with Crippen molar-refractivity contribution in [1.82, 2.24) is 4.98 Å². The number of aromatic nitrogens is 1. The van der Waals surface area contributed by atoms with Crippen LogP contribution in [0.4, 0.5) is 30.2 Å². The third kappa shape index (κ3) is 4.40.